The highest BCUT2D eigenvalue weighted by molar-refractivity contribution is 5.26. The summed E-state index contributed by atoms with van der Waals surface area (Å²) >= 11 is 0. The van der Waals surface area contributed by atoms with Crippen molar-refractivity contribution in [2.75, 3.05) is 13.7 Å². The number of phenols is 1. The van der Waals surface area contributed by atoms with Crippen LogP contribution in [0.3, 0.4) is 0 Å². The Hall–Kier alpha value is -1.06. The number of aliphatic hydroxyl groups is 1. The summed E-state index contributed by atoms with van der Waals surface area (Å²) in [7, 11) is 1.82. The van der Waals surface area contributed by atoms with E-state index in [0.29, 0.717) is 0 Å². The summed E-state index contributed by atoms with van der Waals surface area (Å²) in [5, 5.41) is 21.0. The molecule has 0 bridgehead atoms. The van der Waals surface area contributed by atoms with Crippen LogP contribution in [0.1, 0.15) is 5.56 Å². The molecule has 0 aliphatic heterocycles. The average molecular weight is 181 g/mol. The smallest absolute Gasteiger partial charge is 0.115 e. The predicted molar refractivity (Wildman–Crippen MR) is 51.7 cm³/mol. The van der Waals surface area contributed by atoms with Crippen LogP contribution in [0, 0.1) is 0 Å². The van der Waals surface area contributed by atoms with Crippen LogP contribution >= 0.6 is 0 Å². The molecule has 0 aliphatic rings. The largest absolute Gasteiger partial charge is 0.508 e. The standard InChI is InChI=1S/C10H15NO2/c1-11-9(7-12)6-8-2-4-10(13)5-3-8/h2-5,9,11-13H,6-7H2,1H3/t9-/m0/s1. The summed E-state index contributed by atoms with van der Waals surface area (Å²) in [5.74, 6) is 0.272. The van der Waals surface area contributed by atoms with Gasteiger partial charge < -0.3 is 15.5 Å². The number of hydrogen-bond donors (Lipinski definition) is 3. The van der Waals surface area contributed by atoms with E-state index in [1.165, 1.54) is 0 Å². The van der Waals surface area contributed by atoms with E-state index in [4.69, 9.17) is 10.2 Å². The molecule has 0 radical (unpaired) electrons. The zero-order valence-corrected chi connectivity index (χ0v) is 7.70. The first-order valence-corrected chi connectivity index (χ1v) is 4.32. The first-order chi connectivity index (χ1) is 6.26. The molecule has 1 aromatic rings. The summed E-state index contributed by atoms with van der Waals surface area (Å²) < 4.78 is 0. The molecule has 3 nitrogen and oxygen atoms in total. The Morgan fingerprint density at radius 2 is 1.92 bits per heavy atom. The second-order valence-electron chi connectivity index (χ2n) is 3.04. The lowest BCUT2D eigenvalue weighted by atomic mass is 10.1. The molecule has 0 saturated heterocycles. The van der Waals surface area contributed by atoms with E-state index in [2.05, 4.69) is 5.32 Å². The van der Waals surface area contributed by atoms with Gasteiger partial charge in [-0.15, -0.1) is 0 Å². The molecule has 3 N–H and O–H groups in total. The lowest BCUT2D eigenvalue weighted by Crippen LogP contribution is -2.31. The molecule has 0 amide bonds. The summed E-state index contributed by atoms with van der Waals surface area (Å²) in [6.45, 7) is 0.122. The van der Waals surface area contributed by atoms with Crippen LogP contribution in [-0.2, 0) is 6.42 Å². The first-order valence-electron chi connectivity index (χ1n) is 4.32. The lowest BCUT2D eigenvalue weighted by molar-refractivity contribution is 0.248. The zero-order valence-electron chi connectivity index (χ0n) is 7.70. The summed E-state index contributed by atoms with van der Waals surface area (Å²) in [6.07, 6.45) is 0.771. The van der Waals surface area contributed by atoms with Gasteiger partial charge in [-0.3, -0.25) is 0 Å². The van der Waals surface area contributed by atoms with Crippen LogP contribution in [-0.4, -0.2) is 29.9 Å². The molecule has 1 aromatic carbocycles. The zero-order chi connectivity index (χ0) is 9.68. The van der Waals surface area contributed by atoms with Crippen LogP contribution < -0.4 is 5.32 Å². The third-order valence-electron chi connectivity index (χ3n) is 2.05. The summed E-state index contributed by atoms with van der Waals surface area (Å²) in [6, 6.07) is 7.10. The highest BCUT2D eigenvalue weighted by Crippen LogP contribution is 2.10. The fourth-order valence-electron chi connectivity index (χ4n) is 1.17. The number of aromatic hydroxyl groups is 1. The highest BCUT2D eigenvalue weighted by Gasteiger charge is 2.04. The molecule has 0 fully saturated rings. The Bertz CT molecular complexity index is 242. The predicted octanol–water partition coefficient (Wildman–Crippen LogP) is 0.515. The second kappa shape index (κ2) is 4.84. The fraction of sp³-hybridized carbons (Fsp3) is 0.400. The second-order valence-corrected chi connectivity index (χ2v) is 3.04. The van der Waals surface area contributed by atoms with Gasteiger partial charge >= 0.3 is 0 Å². The molecule has 3 heteroatoms. The van der Waals surface area contributed by atoms with E-state index in [1.807, 2.05) is 19.2 Å². The molecule has 72 valence electrons. The number of likely N-dealkylation sites (N-methyl/N-ethyl adjacent to an activating group) is 1. The number of benzene rings is 1. The molecular formula is C10H15NO2. The van der Waals surface area contributed by atoms with Gasteiger partial charge in [0.2, 0.25) is 0 Å². The Kier molecular flexibility index (Phi) is 3.73. The quantitative estimate of drug-likeness (QED) is 0.634. The minimum absolute atomic E-state index is 0.0875. The molecule has 0 aromatic heterocycles. The van der Waals surface area contributed by atoms with E-state index in [-0.39, 0.29) is 18.4 Å². The van der Waals surface area contributed by atoms with E-state index in [1.54, 1.807) is 12.1 Å². The molecule has 0 unspecified atom stereocenters. The van der Waals surface area contributed by atoms with Gasteiger partial charge in [0.15, 0.2) is 0 Å². The molecule has 0 saturated carbocycles. The van der Waals surface area contributed by atoms with Crippen molar-refractivity contribution in [3.05, 3.63) is 29.8 Å². The maximum atomic E-state index is 9.04. The van der Waals surface area contributed by atoms with Gasteiger partial charge in [-0.1, -0.05) is 12.1 Å². The Labute approximate surface area is 78.0 Å². The van der Waals surface area contributed by atoms with Crippen LogP contribution in [0.2, 0.25) is 0 Å². The minimum atomic E-state index is 0.0875. The maximum absolute atomic E-state index is 9.04. The molecule has 0 aliphatic carbocycles. The van der Waals surface area contributed by atoms with Gasteiger partial charge in [-0.25, -0.2) is 0 Å². The van der Waals surface area contributed by atoms with Crippen LogP contribution in [0.15, 0.2) is 24.3 Å². The van der Waals surface area contributed by atoms with Gasteiger partial charge in [-0.2, -0.15) is 0 Å². The minimum Gasteiger partial charge on any atom is -0.508 e. The highest BCUT2D eigenvalue weighted by atomic mass is 16.3. The van der Waals surface area contributed by atoms with Crippen LogP contribution in [0.4, 0.5) is 0 Å². The number of phenolic OH excluding ortho intramolecular Hbond substituents is 1. The lowest BCUT2D eigenvalue weighted by Gasteiger charge is -2.12. The Balaban J connectivity index is 2.58. The Morgan fingerprint density at radius 1 is 1.31 bits per heavy atom. The van der Waals surface area contributed by atoms with Gasteiger partial charge in [0.05, 0.1) is 6.61 Å². The summed E-state index contributed by atoms with van der Waals surface area (Å²) in [4.78, 5) is 0. The normalized spacial score (nSPS) is 12.8. The fourth-order valence-corrected chi connectivity index (χ4v) is 1.17. The third-order valence-corrected chi connectivity index (χ3v) is 2.05. The third kappa shape index (κ3) is 3.05. The maximum Gasteiger partial charge on any atom is 0.115 e. The van der Waals surface area contributed by atoms with Crippen molar-refractivity contribution >= 4 is 0 Å². The number of aliphatic hydroxyl groups excluding tert-OH is 1. The number of rotatable bonds is 4. The molecule has 0 spiro atoms. The van der Waals surface area contributed by atoms with Gasteiger partial charge in [0, 0.05) is 6.04 Å². The molecule has 1 atom stereocenters. The van der Waals surface area contributed by atoms with Crippen LogP contribution in [0.5, 0.6) is 5.75 Å². The van der Waals surface area contributed by atoms with E-state index < -0.39 is 0 Å². The molecule has 0 heterocycles. The number of hydrogen-bond acceptors (Lipinski definition) is 3. The molecular weight excluding hydrogens is 166 g/mol. The van der Waals surface area contributed by atoms with Crippen LogP contribution in [0.25, 0.3) is 0 Å². The van der Waals surface area contributed by atoms with Crippen molar-refractivity contribution in [1.29, 1.82) is 0 Å². The van der Waals surface area contributed by atoms with E-state index >= 15 is 0 Å². The molecule has 13 heavy (non-hydrogen) atoms. The topological polar surface area (TPSA) is 52.5 Å². The van der Waals surface area contributed by atoms with E-state index in [9.17, 15) is 0 Å². The SMILES string of the molecule is CN[C@H](CO)Cc1ccc(O)cc1. The van der Waals surface area contributed by atoms with Crippen molar-refractivity contribution in [1.82, 2.24) is 5.32 Å². The van der Waals surface area contributed by atoms with Crippen molar-refractivity contribution in [2.24, 2.45) is 0 Å². The van der Waals surface area contributed by atoms with Gasteiger partial charge in [0.1, 0.15) is 5.75 Å². The van der Waals surface area contributed by atoms with Crippen molar-refractivity contribution in [3.8, 4) is 5.75 Å². The first kappa shape index (κ1) is 10.0. The monoisotopic (exact) mass is 181 g/mol. The van der Waals surface area contributed by atoms with Gasteiger partial charge in [0.25, 0.3) is 0 Å². The van der Waals surface area contributed by atoms with Crippen molar-refractivity contribution in [3.63, 3.8) is 0 Å². The Morgan fingerprint density at radius 3 is 2.38 bits per heavy atom. The summed E-state index contributed by atoms with van der Waals surface area (Å²) in [5.41, 5.74) is 1.10. The number of nitrogens with one attached hydrogen (secondary N) is 1. The molecule has 1 rings (SSSR count). The van der Waals surface area contributed by atoms with Crippen molar-refractivity contribution in [2.45, 2.75) is 12.5 Å². The van der Waals surface area contributed by atoms with Crippen molar-refractivity contribution < 1.29 is 10.2 Å². The van der Waals surface area contributed by atoms with Gasteiger partial charge in [-0.05, 0) is 31.2 Å². The van der Waals surface area contributed by atoms with E-state index in [0.717, 1.165) is 12.0 Å². The average Bonchev–Trinajstić information content (AvgIpc) is 2.17.